The summed E-state index contributed by atoms with van der Waals surface area (Å²) in [5.74, 6) is 0.0246. The average molecular weight is 343 g/mol. The van der Waals surface area contributed by atoms with Crippen molar-refractivity contribution in [3.63, 3.8) is 0 Å². The molecular weight excluding hydrogens is 326 g/mol. The molecule has 0 radical (unpaired) electrons. The number of likely N-dealkylation sites (N-methyl/N-ethyl adjacent to an activating group) is 1. The Kier molecular flexibility index (Phi) is 5.06. The summed E-state index contributed by atoms with van der Waals surface area (Å²) in [5.41, 5.74) is 0.700. The van der Waals surface area contributed by atoms with Crippen LogP contribution in [0.15, 0.2) is 18.2 Å². The number of benzene rings is 1. The van der Waals surface area contributed by atoms with Crippen molar-refractivity contribution in [1.82, 2.24) is 0 Å². The van der Waals surface area contributed by atoms with Crippen LogP contribution in [0.4, 0.5) is 5.69 Å². The quantitative estimate of drug-likeness (QED) is 0.796. The summed E-state index contributed by atoms with van der Waals surface area (Å²) >= 11 is 5.87. The first-order valence-corrected chi connectivity index (χ1v) is 9.03. The number of amides is 1. The minimum Gasteiger partial charge on any atom is -0.326 e. The lowest BCUT2D eigenvalue weighted by Gasteiger charge is -2.19. The number of hydrogen-bond acceptors (Lipinski definition) is 4. The number of halogens is 1. The van der Waals surface area contributed by atoms with Gasteiger partial charge >= 0.3 is 0 Å². The molecule has 2 N–H and O–H groups in total. The van der Waals surface area contributed by atoms with E-state index in [1.165, 1.54) is 12.1 Å². The predicted molar refractivity (Wildman–Crippen MR) is 83.6 cm³/mol. The largest absolute Gasteiger partial charge is 0.326 e. The zero-order valence-corrected chi connectivity index (χ0v) is 13.7. The minimum atomic E-state index is -2.96. The molecule has 1 aliphatic heterocycles. The molecule has 1 saturated heterocycles. The predicted octanol–water partition coefficient (Wildman–Crippen LogP) is -0.148. The second-order valence-corrected chi connectivity index (χ2v) is 8.14. The summed E-state index contributed by atoms with van der Waals surface area (Å²) in [5, 5.41) is 12.1. The number of nitriles is 1. The zero-order valence-electron chi connectivity index (χ0n) is 12.1. The molecule has 1 aliphatic rings. The van der Waals surface area contributed by atoms with Gasteiger partial charge in [-0.15, -0.1) is 0 Å². The number of anilines is 1. The monoisotopic (exact) mass is 342 g/mol. The van der Waals surface area contributed by atoms with E-state index in [4.69, 9.17) is 16.9 Å². The number of carbonyl (C=O) groups is 1. The molecule has 6 nitrogen and oxygen atoms in total. The number of nitrogens with one attached hydrogen (secondary N) is 2. The van der Waals surface area contributed by atoms with Crippen molar-refractivity contribution < 1.29 is 18.1 Å². The summed E-state index contributed by atoms with van der Waals surface area (Å²) in [6.07, 6.45) is 0.571. The lowest BCUT2D eigenvalue weighted by Crippen LogP contribution is -3.14. The SMILES string of the molecule is C[NH+](CC(=O)Nc1cc(Cl)ccc1C#N)[C@@H]1CCS(=O)(=O)C1. The third-order valence-corrected chi connectivity index (χ3v) is 5.75. The molecule has 8 heteroatoms. The molecule has 0 saturated carbocycles. The molecule has 1 aromatic rings. The van der Waals surface area contributed by atoms with E-state index in [9.17, 15) is 13.2 Å². The van der Waals surface area contributed by atoms with Crippen molar-refractivity contribution in [1.29, 1.82) is 5.26 Å². The van der Waals surface area contributed by atoms with Gasteiger partial charge in [-0.05, 0) is 18.2 Å². The third-order valence-electron chi connectivity index (χ3n) is 3.74. The van der Waals surface area contributed by atoms with Crippen molar-refractivity contribution in [2.45, 2.75) is 12.5 Å². The van der Waals surface area contributed by atoms with Crippen LogP contribution in [0.2, 0.25) is 5.02 Å². The maximum absolute atomic E-state index is 12.1. The highest BCUT2D eigenvalue weighted by molar-refractivity contribution is 7.91. The number of carbonyl (C=O) groups excluding carboxylic acids is 1. The molecule has 118 valence electrons. The molecule has 0 spiro atoms. The van der Waals surface area contributed by atoms with E-state index in [1.807, 2.05) is 6.07 Å². The van der Waals surface area contributed by atoms with Crippen LogP contribution in [0.5, 0.6) is 0 Å². The smallest absolute Gasteiger partial charge is 0.279 e. The third kappa shape index (κ3) is 4.19. The van der Waals surface area contributed by atoms with E-state index in [2.05, 4.69) is 5.32 Å². The Morgan fingerprint density at radius 3 is 2.86 bits per heavy atom. The lowest BCUT2D eigenvalue weighted by molar-refractivity contribution is -0.894. The molecule has 2 atom stereocenters. The van der Waals surface area contributed by atoms with Gasteiger partial charge in [0, 0.05) is 11.4 Å². The van der Waals surface area contributed by atoms with Gasteiger partial charge in [-0.2, -0.15) is 5.26 Å². The average Bonchev–Trinajstić information content (AvgIpc) is 2.79. The Balaban J connectivity index is 1.99. The second kappa shape index (κ2) is 6.65. The number of sulfone groups is 1. The summed E-state index contributed by atoms with van der Waals surface area (Å²) in [6, 6.07) is 6.56. The first-order valence-electron chi connectivity index (χ1n) is 6.83. The van der Waals surface area contributed by atoms with E-state index >= 15 is 0 Å². The van der Waals surface area contributed by atoms with Gasteiger partial charge in [-0.1, -0.05) is 11.6 Å². The Morgan fingerprint density at radius 1 is 1.55 bits per heavy atom. The number of nitrogens with zero attached hydrogens (tertiary/aromatic N) is 1. The summed E-state index contributed by atoms with van der Waals surface area (Å²) in [7, 11) is -1.16. The summed E-state index contributed by atoms with van der Waals surface area (Å²) in [6.45, 7) is 0.136. The van der Waals surface area contributed by atoms with Crippen molar-refractivity contribution in [2.24, 2.45) is 0 Å². The van der Waals surface area contributed by atoms with Gasteiger partial charge in [-0.3, -0.25) is 4.79 Å². The zero-order chi connectivity index (χ0) is 16.3. The molecule has 0 aromatic heterocycles. The van der Waals surface area contributed by atoms with Gasteiger partial charge < -0.3 is 10.2 Å². The van der Waals surface area contributed by atoms with E-state index in [0.717, 1.165) is 4.90 Å². The molecule has 22 heavy (non-hydrogen) atoms. The first-order chi connectivity index (χ1) is 10.3. The number of rotatable bonds is 4. The topological polar surface area (TPSA) is 91.5 Å². The maximum Gasteiger partial charge on any atom is 0.279 e. The van der Waals surface area contributed by atoms with Crippen molar-refractivity contribution in [3.8, 4) is 6.07 Å². The van der Waals surface area contributed by atoms with Crippen LogP contribution in [0.1, 0.15) is 12.0 Å². The van der Waals surface area contributed by atoms with Crippen LogP contribution >= 0.6 is 11.6 Å². The molecule has 0 aliphatic carbocycles. The summed E-state index contributed by atoms with van der Waals surface area (Å²) < 4.78 is 23.0. The normalized spacial score (nSPS) is 21.0. The van der Waals surface area contributed by atoms with Crippen LogP contribution in [-0.2, 0) is 14.6 Å². The van der Waals surface area contributed by atoms with Crippen LogP contribution in [-0.4, -0.2) is 45.5 Å². The van der Waals surface area contributed by atoms with Crippen LogP contribution in [0, 0.1) is 11.3 Å². The van der Waals surface area contributed by atoms with Crippen LogP contribution < -0.4 is 10.2 Å². The fourth-order valence-corrected chi connectivity index (χ4v) is 4.54. The van der Waals surface area contributed by atoms with E-state index < -0.39 is 9.84 Å². The van der Waals surface area contributed by atoms with Gasteiger partial charge in [0.2, 0.25) is 0 Å². The fraction of sp³-hybridized carbons (Fsp3) is 0.429. The molecule has 1 amide bonds. The van der Waals surface area contributed by atoms with Crippen molar-refractivity contribution in [2.75, 3.05) is 30.4 Å². The van der Waals surface area contributed by atoms with Gasteiger partial charge in [0.25, 0.3) is 5.91 Å². The Morgan fingerprint density at radius 2 is 2.27 bits per heavy atom. The fourth-order valence-electron chi connectivity index (χ4n) is 2.49. The first kappa shape index (κ1) is 16.7. The maximum atomic E-state index is 12.1. The standard InChI is InChI=1S/C14H16ClN3O3S/c1-18(12-4-5-22(20,21)9-12)8-14(19)17-13-6-11(15)3-2-10(13)7-16/h2-3,6,12H,4-5,8-9H2,1H3,(H,17,19)/p+1/t12-/m1/s1. The molecule has 2 rings (SSSR count). The summed E-state index contributed by atoms with van der Waals surface area (Å²) in [4.78, 5) is 12.9. The van der Waals surface area contributed by atoms with E-state index in [1.54, 1.807) is 13.1 Å². The molecular formula is C14H17ClN3O3S+. The number of quaternary nitrogens is 1. The molecule has 1 heterocycles. The Hall–Kier alpha value is -1.62. The highest BCUT2D eigenvalue weighted by atomic mass is 35.5. The van der Waals surface area contributed by atoms with Gasteiger partial charge in [0.05, 0.1) is 24.1 Å². The van der Waals surface area contributed by atoms with Crippen molar-refractivity contribution >= 4 is 33.0 Å². The molecule has 0 bridgehead atoms. The Bertz CT molecular complexity index is 727. The van der Waals surface area contributed by atoms with Crippen LogP contribution in [0.3, 0.4) is 0 Å². The van der Waals surface area contributed by atoms with Crippen molar-refractivity contribution in [3.05, 3.63) is 28.8 Å². The molecule has 1 fully saturated rings. The van der Waals surface area contributed by atoms with Gasteiger partial charge in [0.1, 0.15) is 17.9 Å². The minimum absolute atomic E-state index is 0.0643. The number of hydrogen-bond donors (Lipinski definition) is 2. The van der Waals surface area contributed by atoms with E-state index in [0.29, 0.717) is 22.7 Å². The lowest BCUT2D eigenvalue weighted by atomic mass is 10.2. The highest BCUT2D eigenvalue weighted by Crippen LogP contribution is 2.20. The molecule has 1 unspecified atom stereocenters. The van der Waals surface area contributed by atoms with Crippen LogP contribution in [0.25, 0.3) is 0 Å². The molecule has 1 aromatic carbocycles. The second-order valence-electron chi connectivity index (χ2n) is 5.47. The highest BCUT2D eigenvalue weighted by Gasteiger charge is 2.34. The van der Waals surface area contributed by atoms with E-state index in [-0.39, 0.29) is 30.0 Å². The van der Waals surface area contributed by atoms with Gasteiger partial charge in [0.15, 0.2) is 16.4 Å². The Labute approximate surface area is 134 Å². The van der Waals surface area contributed by atoms with Gasteiger partial charge in [-0.25, -0.2) is 8.42 Å².